The van der Waals surface area contributed by atoms with E-state index in [2.05, 4.69) is 4.90 Å². The average molecular weight is 435 g/mol. The Morgan fingerprint density at radius 3 is 2.48 bits per heavy atom. The summed E-state index contributed by atoms with van der Waals surface area (Å²) in [5, 5.41) is 0.678. The monoisotopic (exact) mass is 434 g/mol. The van der Waals surface area contributed by atoms with Gasteiger partial charge in [-0.25, -0.2) is 4.79 Å². The average Bonchev–Trinajstić information content (AvgIpc) is 2.76. The SMILES string of the molecule is CCS(=O)c1ccccc1C(=O)OCC(=O)N1CCN(c2cccc(Cl)c2)CC1. The van der Waals surface area contributed by atoms with E-state index in [0.717, 1.165) is 5.69 Å². The van der Waals surface area contributed by atoms with E-state index < -0.39 is 16.8 Å². The molecule has 154 valence electrons. The molecule has 1 unspecified atom stereocenters. The summed E-state index contributed by atoms with van der Waals surface area (Å²) in [6.45, 7) is 3.89. The number of hydrogen-bond donors (Lipinski definition) is 0. The quantitative estimate of drug-likeness (QED) is 0.654. The van der Waals surface area contributed by atoms with Gasteiger partial charge >= 0.3 is 5.97 Å². The van der Waals surface area contributed by atoms with Crippen LogP contribution >= 0.6 is 11.6 Å². The zero-order chi connectivity index (χ0) is 20.8. The second kappa shape index (κ2) is 9.89. The summed E-state index contributed by atoms with van der Waals surface area (Å²) < 4.78 is 17.3. The Balaban J connectivity index is 1.53. The van der Waals surface area contributed by atoms with Crippen LogP contribution in [0, 0.1) is 0 Å². The first-order chi connectivity index (χ1) is 14.0. The molecule has 1 aliphatic heterocycles. The molecule has 1 aliphatic rings. The van der Waals surface area contributed by atoms with Gasteiger partial charge in [0.15, 0.2) is 6.61 Å². The van der Waals surface area contributed by atoms with Crippen LogP contribution in [0.25, 0.3) is 0 Å². The Hall–Kier alpha value is -2.38. The Labute approximate surface area is 177 Å². The van der Waals surface area contributed by atoms with Crippen molar-refractivity contribution in [3.8, 4) is 0 Å². The Morgan fingerprint density at radius 1 is 1.07 bits per heavy atom. The van der Waals surface area contributed by atoms with Crippen LogP contribution in [0.3, 0.4) is 0 Å². The predicted octanol–water partition coefficient (Wildman–Crippen LogP) is 2.97. The van der Waals surface area contributed by atoms with Gasteiger partial charge in [-0.05, 0) is 30.3 Å². The largest absolute Gasteiger partial charge is 0.452 e. The first-order valence-corrected chi connectivity index (χ1v) is 11.1. The third-order valence-corrected chi connectivity index (χ3v) is 6.35. The smallest absolute Gasteiger partial charge is 0.339 e. The maximum Gasteiger partial charge on any atom is 0.339 e. The number of carbonyl (C=O) groups is 2. The van der Waals surface area contributed by atoms with Crippen molar-refractivity contribution in [1.82, 2.24) is 4.90 Å². The summed E-state index contributed by atoms with van der Waals surface area (Å²) in [5.74, 6) is -0.466. The molecule has 3 rings (SSSR count). The third kappa shape index (κ3) is 5.36. The van der Waals surface area contributed by atoms with E-state index in [-0.39, 0.29) is 18.1 Å². The summed E-state index contributed by atoms with van der Waals surface area (Å²) in [4.78, 5) is 29.1. The molecular weight excluding hydrogens is 412 g/mol. The number of rotatable bonds is 6. The molecular formula is C21H23ClN2O4S. The minimum atomic E-state index is -1.28. The molecule has 6 nitrogen and oxygen atoms in total. The first-order valence-electron chi connectivity index (χ1n) is 9.42. The number of nitrogens with zero attached hydrogens (tertiary/aromatic N) is 2. The molecule has 0 saturated carbocycles. The van der Waals surface area contributed by atoms with Gasteiger partial charge in [-0.15, -0.1) is 0 Å². The van der Waals surface area contributed by atoms with E-state index in [1.165, 1.54) is 0 Å². The number of halogens is 1. The lowest BCUT2D eigenvalue weighted by atomic mass is 10.2. The highest BCUT2D eigenvalue weighted by Crippen LogP contribution is 2.21. The molecule has 29 heavy (non-hydrogen) atoms. The lowest BCUT2D eigenvalue weighted by molar-refractivity contribution is -0.134. The molecule has 0 radical (unpaired) electrons. The van der Waals surface area contributed by atoms with Crippen molar-refractivity contribution in [2.45, 2.75) is 11.8 Å². The second-order valence-electron chi connectivity index (χ2n) is 6.55. The summed E-state index contributed by atoms with van der Waals surface area (Å²) in [6, 6.07) is 14.2. The molecule has 8 heteroatoms. The van der Waals surface area contributed by atoms with Gasteiger partial charge in [0.2, 0.25) is 0 Å². The molecule has 0 aromatic heterocycles. The molecule has 1 saturated heterocycles. The van der Waals surface area contributed by atoms with Crippen LogP contribution in [0.5, 0.6) is 0 Å². The summed E-state index contributed by atoms with van der Waals surface area (Å²) in [6.07, 6.45) is 0. The highest BCUT2D eigenvalue weighted by Gasteiger charge is 2.23. The molecule has 2 aromatic rings. The number of amides is 1. The maximum absolute atomic E-state index is 12.5. The van der Waals surface area contributed by atoms with Crippen LogP contribution in [-0.2, 0) is 20.3 Å². The van der Waals surface area contributed by atoms with Gasteiger partial charge in [-0.3, -0.25) is 9.00 Å². The number of benzene rings is 2. The second-order valence-corrected chi connectivity index (χ2v) is 8.70. The highest BCUT2D eigenvalue weighted by molar-refractivity contribution is 7.85. The molecule has 1 heterocycles. The van der Waals surface area contributed by atoms with Crippen LogP contribution in [0.4, 0.5) is 5.69 Å². The van der Waals surface area contributed by atoms with E-state index in [9.17, 15) is 13.8 Å². The van der Waals surface area contributed by atoms with Crippen molar-refractivity contribution < 1.29 is 18.5 Å². The minimum Gasteiger partial charge on any atom is -0.452 e. The van der Waals surface area contributed by atoms with Gasteiger partial charge in [-0.2, -0.15) is 0 Å². The zero-order valence-electron chi connectivity index (χ0n) is 16.2. The van der Waals surface area contributed by atoms with Crippen molar-refractivity contribution in [3.05, 3.63) is 59.1 Å². The van der Waals surface area contributed by atoms with Gasteiger partial charge in [0.1, 0.15) is 0 Å². The van der Waals surface area contributed by atoms with Crippen molar-refractivity contribution in [3.63, 3.8) is 0 Å². The molecule has 0 spiro atoms. The summed E-state index contributed by atoms with van der Waals surface area (Å²) in [7, 11) is -1.28. The van der Waals surface area contributed by atoms with Gasteiger partial charge < -0.3 is 14.5 Å². The lowest BCUT2D eigenvalue weighted by Crippen LogP contribution is -2.49. The topological polar surface area (TPSA) is 66.9 Å². The van der Waals surface area contributed by atoms with E-state index in [1.807, 2.05) is 24.3 Å². The number of ether oxygens (including phenoxy) is 1. The minimum absolute atomic E-state index is 0.238. The fraction of sp³-hybridized carbons (Fsp3) is 0.333. The van der Waals surface area contributed by atoms with Gasteiger partial charge in [-0.1, -0.05) is 36.7 Å². The normalized spacial score (nSPS) is 15.1. The summed E-state index contributed by atoms with van der Waals surface area (Å²) in [5.41, 5.74) is 1.27. The van der Waals surface area contributed by atoms with Crippen molar-refractivity contribution in [1.29, 1.82) is 0 Å². The van der Waals surface area contributed by atoms with Crippen molar-refractivity contribution >= 4 is 40.0 Å². The third-order valence-electron chi connectivity index (χ3n) is 4.75. The standard InChI is InChI=1S/C21H23ClN2O4S/c1-2-29(27)19-9-4-3-8-18(19)21(26)28-15-20(25)24-12-10-23(11-13-24)17-7-5-6-16(22)14-17/h3-9,14H,2,10-13,15H2,1H3. The molecule has 2 aromatic carbocycles. The number of anilines is 1. The molecule has 1 fully saturated rings. The van der Waals surface area contributed by atoms with Gasteiger partial charge in [0.05, 0.1) is 21.3 Å². The number of hydrogen-bond acceptors (Lipinski definition) is 5. The lowest BCUT2D eigenvalue weighted by Gasteiger charge is -2.36. The highest BCUT2D eigenvalue weighted by atomic mass is 35.5. The zero-order valence-corrected chi connectivity index (χ0v) is 17.7. The van der Waals surface area contributed by atoms with Crippen LogP contribution < -0.4 is 4.90 Å². The fourth-order valence-electron chi connectivity index (χ4n) is 3.17. The Morgan fingerprint density at radius 2 is 1.79 bits per heavy atom. The van der Waals surface area contributed by atoms with Crippen LogP contribution in [0.1, 0.15) is 17.3 Å². The van der Waals surface area contributed by atoms with E-state index in [1.54, 1.807) is 36.1 Å². The first kappa shape index (κ1) is 21.3. The number of piperazine rings is 1. The molecule has 1 atom stereocenters. The van der Waals surface area contributed by atoms with Crippen LogP contribution in [-0.4, -0.2) is 59.5 Å². The van der Waals surface area contributed by atoms with Crippen LogP contribution in [0.2, 0.25) is 5.02 Å². The Kier molecular flexibility index (Phi) is 7.28. The molecule has 0 N–H and O–H groups in total. The van der Waals surface area contributed by atoms with E-state index >= 15 is 0 Å². The number of esters is 1. The maximum atomic E-state index is 12.5. The van der Waals surface area contributed by atoms with E-state index in [0.29, 0.717) is 41.8 Å². The van der Waals surface area contributed by atoms with Gasteiger partial charge in [0.25, 0.3) is 5.91 Å². The van der Waals surface area contributed by atoms with Crippen molar-refractivity contribution in [2.75, 3.05) is 43.4 Å². The fourth-order valence-corrected chi connectivity index (χ4v) is 4.30. The van der Waals surface area contributed by atoms with Crippen molar-refractivity contribution in [2.24, 2.45) is 0 Å². The predicted molar refractivity (Wildman–Crippen MR) is 114 cm³/mol. The van der Waals surface area contributed by atoms with E-state index in [4.69, 9.17) is 16.3 Å². The number of carbonyl (C=O) groups excluding carboxylic acids is 2. The molecule has 1 amide bonds. The van der Waals surface area contributed by atoms with Crippen LogP contribution in [0.15, 0.2) is 53.4 Å². The Bertz CT molecular complexity index is 913. The van der Waals surface area contributed by atoms with Gasteiger partial charge in [0, 0.05) is 42.6 Å². The molecule has 0 aliphatic carbocycles. The summed E-state index contributed by atoms with van der Waals surface area (Å²) >= 11 is 6.05. The molecule has 0 bridgehead atoms.